The predicted octanol–water partition coefficient (Wildman–Crippen LogP) is 4.10. The lowest BCUT2D eigenvalue weighted by molar-refractivity contribution is 0.596. The van der Waals surface area contributed by atoms with E-state index in [0.29, 0.717) is 11.2 Å². The highest BCUT2D eigenvalue weighted by atomic mass is 32.2. The van der Waals surface area contributed by atoms with Crippen LogP contribution in [0.3, 0.4) is 0 Å². The van der Waals surface area contributed by atoms with Gasteiger partial charge in [0.05, 0.1) is 16.1 Å². The Morgan fingerprint density at radius 3 is 2.47 bits per heavy atom. The number of hydrogen-bond acceptors (Lipinski definition) is 6. The normalized spacial score (nSPS) is 11.6. The van der Waals surface area contributed by atoms with E-state index in [1.54, 1.807) is 61.1 Å². The van der Waals surface area contributed by atoms with Crippen LogP contribution >= 0.6 is 0 Å². The second-order valence-corrected chi connectivity index (χ2v) is 8.36. The average molecular weight is 413 g/mol. The van der Waals surface area contributed by atoms with E-state index < -0.39 is 10.0 Å². The first-order chi connectivity index (χ1) is 14.6. The van der Waals surface area contributed by atoms with Crippen molar-refractivity contribution in [3.05, 3.63) is 91.8 Å². The number of anilines is 2. The van der Waals surface area contributed by atoms with Crippen molar-refractivity contribution >= 4 is 43.2 Å². The molecule has 5 aromatic rings. The van der Waals surface area contributed by atoms with E-state index in [1.165, 1.54) is 16.8 Å². The van der Waals surface area contributed by atoms with Crippen LogP contribution in [0.25, 0.3) is 21.7 Å². The zero-order valence-corrected chi connectivity index (χ0v) is 16.4. The Morgan fingerprint density at radius 1 is 0.733 bits per heavy atom. The lowest BCUT2D eigenvalue weighted by atomic mass is 10.2. The smallest absolute Gasteiger partial charge is 0.264 e. The number of fused-ring (bicyclic) bond motifs is 2. The highest BCUT2D eigenvalue weighted by Gasteiger charge is 2.29. The largest absolute Gasteiger partial charge is 0.269 e. The van der Waals surface area contributed by atoms with Gasteiger partial charge in [0.15, 0.2) is 5.82 Å². The maximum absolute atomic E-state index is 13.8. The third-order valence-corrected chi connectivity index (χ3v) is 6.47. The van der Waals surface area contributed by atoms with Crippen LogP contribution in [0, 0.1) is 0 Å². The molecule has 2 aromatic carbocycles. The molecule has 0 bridgehead atoms. The van der Waals surface area contributed by atoms with Gasteiger partial charge in [-0.3, -0.25) is 9.97 Å². The molecule has 7 nitrogen and oxygen atoms in total. The summed E-state index contributed by atoms with van der Waals surface area (Å²) in [6.45, 7) is 0. The standard InChI is InChI=1S/C22H15N5O2S/c28-30(29,19-7-6-18-14-23-11-8-17(18)13-19)27(21-9-12-24-15-26-21)20-5-1-3-16-4-2-10-25-22(16)20/h1-15H. The molecule has 0 radical (unpaired) electrons. The molecule has 30 heavy (non-hydrogen) atoms. The SMILES string of the molecule is O=S(=O)(c1ccc2cnccc2c1)N(c1ccncn1)c1cccc2cccnc12. The Kier molecular flexibility index (Phi) is 4.33. The monoisotopic (exact) mass is 413 g/mol. The van der Waals surface area contributed by atoms with Gasteiger partial charge < -0.3 is 0 Å². The van der Waals surface area contributed by atoms with Gasteiger partial charge in [0, 0.05) is 41.6 Å². The number of hydrogen-bond donors (Lipinski definition) is 0. The van der Waals surface area contributed by atoms with E-state index in [0.717, 1.165) is 16.2 Å². The van der Waals surface area contributed by atoms with Crippen molar-refractivity contribution < 1.29 is 8.42 Å². The summed E-state index contributed by atoms with van der Waals surface area (Å²) in [5.41, 5.74) is 0.980. The van der Waals surface area contributed by atoms with Crippen molar-refractivity contribution in [2.75, 3.05) is 4.31 Å². The van der Waals surface area contributed by atoms with Gasteiger partial charge in [-0.2, -0.15) is 0 Å². The summed E-state index contributed by atoms with van der Waals surface area (Å²) in [6.07, 6.45) is 7.80. The number of aromatic nitrogens is 4. The fourth-order valence-corrected chi connectivity index (χ4v) is 4.85. The zero-order chi connectivity index (χ0) is 20.6. The van der Waals surface area contributed by atoms with Crippen LogP contribution in [0.5, 0.6) is 0 Å². The summed E-state index contributed by atoms with van der Waals surface area (Å²) in [7, 11) is -4.01. The van der Waals surface area contributed by atoms with E-state index in [-0.39, 0.29) is 10.7 Å². The van der Waals surface area contributed by atoms with Crippen molar-refractivity contribution in [1.82, 2.24) is 19.9 Å². The molecule has 0 amide bonds. The Balaban J connectivity index is 1.78. The van der Waals surface area contributed by atoms with E-state index in [1.807, 2.05) is 18.2 Å². The highest BCUT2D eigenvalue weighted by Crippen LogP contribution is 2.35. The van der Waals surface area contributed by atoms with Crippen LogP contribution < -0.4 is 4.31 Å². The molecule has 0 atom stereocenters. The topological polar surface area (TPSA) is 88.9 Å². The Hall–Kier alpha value is -3.91. The Labute approximate surface area is 172 Å². The fourth-order valence-electron chi connectivity index (χ4n) is 3.36. The van der Waals surface area contributed by atoms with Gasteiger partial charge in [0.2, 0.25) is 0 Å². The lowest BCUT2D eigenvalue weighted by Gasteiger charge is -2.24. The maximum Gasteiger partial charge on any atom is 0.269 e. The number of para-hydroxylation sites is 1. The van der Waals surface area contributed by atoms with E-state index in [4.69, 9.17) is 0 Å². The quantitative estimate of drug-likeness (QED) is 0.441. The molecule has 0 spiro atoms. The molecule has 3 aromatic heterocycles. The summed E-state index contributed by atoms with van der Waals surface area (Å²) in [6, 6.07) is 17.4. The van der Waals surface area contributed by atoms with Crippen LogP contribution in [0.1, 0.15) is 0 Å². The molecule has 3 heterocycles. The molecule has 0 aliphatic carbocycles. The van der Waals surface area contributed by atoms with Gasteiger partial charge in [0.1, 0.15) is 6.33 Å². The molecule has 0 fully saturated rings. The maximum atomic E-state index is 13.8. The molecule has 0 saturated heterocycles. The van der Waals surface area contributed by atoms with Gasteiger partial charge >= 0.3 is 0 Å². The van der Waals surface area contributed by atoms with Crippen LogP contribution in [0.4, 0.5) is 11.5 Å². The third kappa shape index (κ3) is 3.03. The number of benzene rings is 2. The highest BCUT2D eigenvalue weighted by molar-refractivity contribution is 7.93. The fraction of sp³-hybridized carbons (Fsp3) is 0. The predicted molar refractivity (Wildman–Crippen MR) is 115 cm³/mol. The van der Waals surface area contributed by atoms with E-state index in [9.17, 15) is 8.42 Å². The van der Waals surface area contributed by atoms with Gasteiger partial charge in [-0.1, -0.05) is 24.3 Å². The minimum atomic E-state index is -4.01. The van der Waals surface area contributed by atoms with Gasteiger partial charge in [0.25, 0.3) is 10.0 Å². The van der Waals surface area contributed by atoms with Crippen molar-refractivity contribution in [1.29, 1.82) is 0 Å². The number of rotatable bonds is 4. The molecule has 146 valence electrons. The van der Waals surface area contributed by atoms with Crippen LogP contribution in [-0.4, -0.2) is 28.4 Å². The Bertz CT molecular complexity index is 1470. The van der Waals surface area contributed by atoms with E-state index >= 15 is 0 Å². The molecular weight excluding hydrogens is 398 g/mol. The molecule has 0 aliphatic heterocycles. The van der Waals surface area contributed by atoms with Crippen molar-refractivity contribution in [2.45, 2.75) is 4.90 Å². The van der Waals surface area contributed by atoms with Crippen molar-refractivity contribution in [3.63, 3.8) is 0 Å². The number of sulfonamides is 1. The zero-order valence-electron chi connectivity index (χ0n) is 15.6. The average Bonchev–Trinajstić information content (AvgIpc) is 2.80. The number of pyridine rings is 2. The van der Waals surface area contributed by atoms with Gasteiger partial charge in [-0.05, 0) is 35.7 Å². The van der Waals surface area contributed by atoms with Crippen LogP contribution in [0.15, 0.2) is 96.7 Å². The summed E-state index contributed by atoms with van der Waals surface area (Å²) in [5.74, 6) is 0.234. The minimum Gasteiger partial charge on any atom is -0.264 e. The van der Waals surface area contributed by atoms with Crippen molar-refractivity contribution in [3.8, 4) is 0 Å². The van der Waals surface area contributed by atoms with E-state index in [2.05, 4.69) is 19.9 Å². The van der Waals surface area contributed by atoms with Gasteiger partial charge in [-0.25, -0.2) is 22.7 Å². The molecular formula is C22H15N5O2S. The molecule has 0 N–H and O–H groups in total. The summed E-state index contributed by atoms with van der Waals surface area (Å²) < 4.78 is 28.9. The summed E-state index contributed by atoms with van der Waals surface area (Å²) in [5, 5.41) is 2.47. The second-order valence-electron chi connectivity index (χ2n) is 6.57. The lowest BCUT2D eigenvalue weighted by Crippen LogP contribution is -2.27. The van der Waals surface area contributed by atoms with Crippen molar-refractivity contribution in [2.24, 2.45) is 0 Å². The second kappa shape index (κ2) is 7.16. The molecule has 5 rings (SSSR count). The number of nitrogens with zero attached hydrogens (tertiary/aromatic N) is 5. The van der Waals surface area contributed by atoms with Gasteiger partial charge in [-0.15, -0.1) is 0 Å². The first kappa shape index (κ1) is 18.1. The molecule has 0 unspecified atom stereocenters. The minimum absolute atomic E-state index is 0.146. The van der Waals surface area contributed by atoms with Crippen LogP contribution in [-0.2, 0) is 10.0 Å². The molecule has 0 aliphatic rings. The van der Waals surface area contributed by atoms with Crippen LogP contribution in [0.2, 0.25) is 0 Å². The Morgan fingerprint density at radius 2 is 1.60 bits per heavy atom. The third-order valence-electron chi connectivity index (χ3n) is 4.75. The summed E-state index contributed by atoms with van der Waals surface area (Å²) >= 11 is 0. The first-order valence-electron chi connectivity index (χ1n) is 9.13. The molecule has 8 heteroatoms. The first-order valence-corrected chi connectivity index (χ1v) is 10.6. The summed E-state index contributed by atoms with van der Waals surface area (Å²) in [4.78, 5) is 16.8. The molecule has 0 saturated carbocycles.